The van der Waals surface area contributed by atoms with Crippen LogP contribution in [0.15, 0.2) is 60.8 Å². The molecule has 1 aromatic heterocycles. The summed E-state index contributed by atoms with van der Waals surface area (Å²) in [6.07, 6.45) is 6.66. The Morgan fingerprint density at radius 1 is 0.857 bits per heavy atom. The summed E-state index contributed by atoms with van der Waals surface area (Å²) in [5.41, 5.74) is 2.58. The largest absolute Gasteiger partial charge is 0.494 e. The molecule has 0 saturated carbocycles. The summed E-state index contributed by atoms with van der Waals surface area (Å²) >= 11 is 0. The maximum atomic E-state index is 5.82. The van der Waals surface area contributed by atoms with Crippen molar-refractivity contribution in [2.75, 3.05) is 6.61 Å². The molecule has 0 aliphatic carbocycles. The number of benzene rings is 2. The zero-order valence-electron chi connectivity index (χ0n) is 12.2. The van der Waals surface area contributed by atoms with Crippen LogP contribution in [0.25, 0.3) is 10.9 Å². The lowest BCUT2D eigenvalue weighted by atomic mass is 10.1. The average Bonchev–Trinajstić information content (AvgIpc) is 2.99. The SMILES string of the molecule is c1ccc(CCCCCOc2ccc3[nH]ccc3c2)cc1. The fraction of sp³-hybridized carbons (Fsp3) is 0.263. The van der Waals surface area contributed by atoms with Gasteiger partial charge in [-0.15, -0.1) is 0 Å². The van der Waals surface area contributed by atoms with Crippen molar-refractivity contribution in [1.82, 2.24) is 4.98 Å². The molecule has 0 bridgehead atoms. The second-order valence-corrected chi connectivity index (χ2v) is 5.37. The highest BCUT2D eigenvalue weighted by Crippen LogP contribution is 2.19. The number of H-pyrrole nitrogens is 1. The maximum Gasteiger partial charge on any atom is 0.120 e. The molecule has 2 heteroatoms. The van der Waals surface area contributed by atoms with E-state index >= 15 is 0 Å². The third kappa shape index (κ3) is 3.88. The van der Waals surface area contributed by atoms with Gasteiger partial charge in [-0.2, -0.15) is 0 Å². The topological polar surface area (TPSA) is 25.0 Å². The first-order chi connectivity index (χ1) is 10.4. The van der Waals surface area contributed by atoms with Crippen molar-refractivity contribution in [1.29, 1.82) is 0 Å². The van der Waals surface area contributed by atoms with Crippen molar-refractivity contribution in [2.45, 2.75) is 25.7 Å². The number of rotatable bonds is 7. The maximum absolute atomic E-state index is 5.82. The highest BCUT2D eigenvalue weighted by atomic mass is 16.5. The van der Waals surface area contributed by atoms with Crippen molar-refractivity contribution in [3.05, 3.63) is 66.4 Å². The Kier molecular flexibility index (Phi) is 4.57. The summed E-state index contributed by atoms with van der Waals surface area (Å²) in [5.74, 6) is 0.963. The van der Waals surface area contributed by atoms with Gasteiger partial charge in [-0.05, 0) is 55.5 Å². The summed E-state index contributed by atoms with van der Waals surface area (Å²) in [7, 11) is 0. The number of fused-ring (bicyclic) bond motifs is 1. The summed E-state index contributed by atoms with van der Waals surface area (Å²) in [5, 5.41) is 1.21. The molecule has 1 N–H and O–H groups in total. The van der Waals surface area contributed by atoms with Crippen LogP contribution in [0.5, 0.6) is 5.75 Å². The molecule has 2 aromatic carbocycles. The Morgan fingerprint density at radius 2 is 1.76 bits per heavy atom. The second-order valence-electron chi connectivity index (χ2n) is 5.37. The highest BCUT2D eigenvalue weighted by molar-refractivity contribution is 5.80. The van der Waals surface area contributed by atoms with Crippen molar-refractivity contribution in [3.63, 3.8) is 0 Å². The Morgan fingerprint density at radius 3 is 2.67 bits per heavy atom. The van der Waals surface area contributed by atoms with E-state index in [1.54, 1.807) is 0 Å². The number of hydrogen-bond acceptors (Lipinski definition) is 1. The van der Waals surface area contributed by atoms with E-state index in [1.807, 2.05) is 12.3 Å². The Hall–Kier alpha value is -2.22. The zero-order chi connectivity index (χ0) is 14.3. The highest BCUT2D eigenvalue weighted by Gasteiger charge is 1.98. The molecule has 0 saturated heterocycles. The smallest absolute Gasteiger partial charge is 0.120 e. The number of unbranched alkanes of at least 4 members (excludes halogenated alkanes) is 2. The molecular weight excluding hydrogens is 258 g/mol. The lowest BCUT2D eigenvalue weighted by molar-refractivity contribution is 0.305. The summed E-state index contributed by atoms with van der Waals surface area (Å²) < 4.78 is 5.82. The lowest BCUT2D eigenvalue weighted by Crippen LogP contribution is -1.97. The predicted molar refractivity (Wildman–Crippen MR) is 87.8 cm³/mol. The van der Waals surface area contributed by atoms with Crippen molar-refractivity contribution >= 4 is 10.9 Å². The molecule has 108 valence electrons. The fourth-order valence-corrected chi connectivity index (χ4v) is 2.56. The van der Waals surface area contributed by atoms with E-state index in [9.17, 15) is 0 Å². The fourth-order valence-electron chi connectivity index (χ4n) is 2.56. The third-order valence-electron chi connectivity index (χ3n) is 3.75. The molecule has 0 spiro atoms. The molecule has 3 rings (SSSR count). The predicted octanol–water partition coefficient (Wildman–Crippen LogP) is 4.96. The third-order valence-corrected chi connectivity index (χ3v) is 3.75. The normalized spacial score (nSPS) is 10.9. The van der Waals surface area contributed by atoms with Crippen molar-refractivity contribution < 1.29 is 4.74 Å². The van der Waals surface area contributed by atoms with Gasteiger partial charge in [-0.3, -0.25) is 0 Å². The molecule has 21 heavy (non-hydrogen) atoms. The van der Waals surface area contributed by atoms with Crippen LogP contribution in [-0.2, 0) is 6.42 Å². The number of aromatic amines is 1. The Balaban J connectivity index is 1.36. The van der Waals surface area contributed by atoms with Gasteiger partial charge >= 0.3 is 0 Å². The quantitative estimate of drug-likeness (QED) is 0.607. The summed E-state index contributed by atoms with van der Waals surface area (Å²) in [6.45, 7) is 0.796. The van der Waals surface area contributed by atoms with Gasteiger partial charge in [0, 0.05) is 17.1 Å². The standard InChI is InChI=1S/C19H21NO/c1-3-7-16(8-4-1)9-5-2-6-14-21-18-10-11-19-17(15-18)12-13-20-19/h1,3-4,7-8,10-13,15,20H,2,5-6,9,14H2. The van der Waals surface area contributed by atoms with E-state index in [0.29, 0.717) is 0 Å². The van der Waals surface area contributed by atoms with E-state index < -0.39 is 0 Å². The Bertz CT molecular complexity index is 672. The van der Waals surface area contributed by atoms with Crippen LogP contribution in [0, 0.1) is 0 Å². The molecule has 0 aliphatic heterocycles. The molecule has 0 radical (unpaired) electrons. The molecule has 1 heterocycles. The van der Waals surface area contributed by atoms with Crippen LogP contribution >= 0.6 is 0 Å². The van der Waals surface area contributed by atoms with Crippen LogP contribution in [0.3, 0.4) is 0 Å². The van der Waals surface area contributed by atoms with E-state index in [1.165, 1.54) is 23.8 Å². The van der Waals surface area contributed by atoms with Gasteiger partial charge in [0.15, 0.2) is 0 Å². The average molecular weight is 279 g/mol. The first-order valence-corrected chi connectivity index (χ1v) is 7.66. The molecule has 0 aliphatic rings. The van der Waals surface area contributed by atoms with Crippen LogP contribution < -0.4 is 4.74 Å². The number of nitrogens with one attached hydrogen (secondary N) is 1. The summed E-state index contributed by atoms with van der Waals surface area (Å²) in [4.78, 5) is 3.19. The van der Waals surface area contributed by atoms with Crippen LogP contribution in [0.2, 0.25) is 0 Å². The summed E-state index contributed by atoms with van der Waals surface area (Å²) in [6, 6.07) is 18.9. The Labute approximate surface area is 125 Å². The van der Waals surface area contributed by atoms with Crippen molar-refractivity contribution in [2.24, 2.45) is 0 Å². The minimum absolute atomic E-state index is 0.796. The number of aromatic nitrogens is 1. The van der Waals surface area contributed by atoms with E-state index in [0.717, 1.165) is 30.7 Å². The molecule has 0 atom stereocenters. The monoisotopic (exact) mass is 279 g/mol. The lowest BCUT2D eigenvalue weighted by Gasteiger charge is -2.06. The number of hydrogen-bond donors (Lipinski definition) is 1. The molecular formula is C19H21NO. The van der Waals surface area contributed by atoms with Crippen molar-refractivity contribution in [3.8, 4) is 5.75 Å². The van der Waals surface area contributed by atoms with Gasteiger partial charge in [0.2, 0.25) is 0 Å². The molecule has 2 nitrogen and oxygen atoms in total. The van der Waals surface area contributed by atoms with Gasteiger partial charge in [0.05, 0.1) is 6.61 Å². The minimum Gasteiger partial charge on any atom is -0.494 e. The van der Waals surface area contributed by atoms with E-state index in [2.05, 4.69) is 53.5 Å². The van der Waals surface area contributed by atoms with Crippen LogP contribution in [0.4, 0.5) is 0 Å². The van der Waals surface area contributed by atoms with E-state index in [-0.39, 0.29) is 0 Å². The van der Waals surface area contributed by atoms with Gasteiger partial charge in [0.1, 0.15) is 5.75 Å². The first-order valence-electron chi connectivity index (χ1n) is 7.66. The first kappa shape index (κ1) is 13.7. The second kappa shape index (κ2) is 6.98. The van der Waals surface area contributed by atoms with Crippen LogP contribution in [0.1, 0.15) is 24.8 Å². The number of aryl methyl sites for hydroxylation is 1. The number of ether oxygens (including phenoxy) is 1. The minimum atomic E-state index is 0.796. The molecule has 3 aromatic rings. The van der Waals surface area contributed by atoms with Gasteiger partial charge in [-0.1, -0.05) is 30.3 Å². The molecule has 0 fully saturated rings. The van der Waals surface area contributed by atoms with E-state index in [4.69, 9.17) is 4.74 Å². The molecule has 0 amide bonds. The van der Waals surface area contributed by atoms with Gasteiger partial charge in [0.25, 0.3) is 0 Å². The van der Waals surface area contributed by atoms with Gasteiger partial charge < -0.3 is 9.72 Å². The van der Waals surface area contributed by atoms with Gasteiger partial charge in [-0.25, -0.2) is 0 Å². The van der Waals surface area contributed by atoms with Crippen LogP contribution in [-0.4, -0.2) is 11.6 Å². The zero-order valence-corrected chi connectivity index (χ0v) is 12.2. The molecule has 0 unspecified atom stereocenters.